The van der Waals surface area contributed by atoms with Gasteiger partial charge in [-0.25, -0.2) is 9.67 Å². The van der Waals surface area contributed by atoms with Gasteiger partial charge in [-0.2, -0.15) is 0 Å². The van der Waals surface area contributed by atoms with Crippen LogP contribution in [0, 0.1) is 0 Å². The van der Waals surface area contributed by atoms with Gasteiger partial charge in [0.1, 0.15) is 5.69 Å². The van der Waals surface area contributed by atoms with Crippen molar-refractivity contribution < 1.29 is 0 Å². The first-order chi connectivity index (χ1) is 13.8. The molecule has 28 heavy (non-hydrogen) atoms. The minimum absolute atomic E-state index is 0.0457. The highest BCUT2D eigenvalue weighted by molar-refractivity contribution is 6.30. The van der Waals surface area contributed by atoms with Crippen LogP contribution in [-0.2, 0) is 0 Å². The van der Waals surface area contributed by atoms with Gasteiger partial charge in [-0.05, 0) is 23.3 Å². The van der Waals surface area contributed by atoms with Gasteiger partial charge in [0.2, 0.25) is 0 Å². The highest BCUT2D eigenvalue weighted by Crippen LogP contribution is 2.38. The van der Waals surface area contributed by atoms with Gasteiger partial charge < -0.3 is 0 Å². The Morgan fingerprint density at radius 1 is 0.786 bits per heavy atom. The molecule has 0 bridgehead atoms. The molecular formula is C23H17ClN4. The Morgan fingerprint density at radius 3 is 2.18 bits per heavy atom. The molecule has 0 amide bonds. The van der Waals surface area contributed by atoms with Crippen molar-refractivity contribution in [3.8, 4) is 11.3 Å². The van der Waals surface area contributed by atoms with Gasteiger partial charge in [-0.3, -0.25) is 0 Å². The summed E-state index contributed by atoms with van der Waals surface area (Å²) < 4.78 is 1.94. The van der Waals surface area contributed by atoms with Crippen molar-refractivity contribution in [1.29, 1.82) is 0 Å². The zero-order valence-corrected chi connectivity index (χ0v) is 15.8. The maximum absolute atomic E-state index is 6.08. The first-order valence-electron chi connectivity index (χ1n) is 9.18. The molecule has 1 aliphatic rings. The molecule has 0 saturated carbocycles. The van der Waals surface area contributed by atoms with E-state index < -0.39 is 0 Å². The second kappa shape index (κ2) is 7.06. The lowest BCUT2D eigenvalue weighted by molar-refractivity contribution is 0.515. The Balaban J connectivity index is 1.68. The molecule has 0 N–H and O–H groups in total. The summed E-state index contributed by atoms with van der Waals surface area (Å²) in [7, 11) is 0. The molecule has 2 heterocycles. The average molecular weight is 385 g/mol. The SMILES string of the molecule is Clc1ccc(C2=Nc3c(-c4ccccc4)nnn3C(c3ccccc3)C2)cc1. The van der Waals surface area contributed by atoms with Crippen LogP contribution in [0.15, 0.2) is 89.9 Å². The molecule has 1 unspecified atom stereocenters. The summed E-state index contributed by atoms with van der Waals surface area (Å²) >= 11 is 6.08. The van der Waals surface area contributed by atoms with E-state index in [0.717, 1.165) is 39.8 Å². The lowest BCUT2D eigenvalue weighted by Crippen LogP contribution is -2.21. The summed E-state index contributed by atoms with van der Waals surface area (Å²) in [5.74, 6) is 0.788. The fraction of sp³-hybridized carbons (Fsp3) is 0.0870. The molecule has 0 radical (unpaired) electrons. The molecule has 4 nitrogen and oxygen atoms in total. The van der Waals surface area contributed by atoms with E-state index in [9.17, 15) is 0 Å². The molecule has 0 aliphatic carbocycles. The van der Waals surface area contributed by atoms with Crippen molar-refractivity contribution in [1.82, 2.24) is 15.0 Å². The number of hydrogen-bond acceptors (Lipinski definition) is 3. The third-order valence-corrected chi connectivity index (χ3v) is 5.25. The van der Waals surface area contributed by atoms with Gasteiger partial charge in [0.25, 0.3) is 0 Å². The monoisotopic (exact) mass is 384 g/mol. The van der Waals surface area contributed by atoms with Gasteiger partial charge in [-0.15, -0.1) is 5.10 Å². The topological polar surface area (TPSA) is 43.1 Å². The predicted octanol–water partition coefficient (Wildman–Crippen LogP) is 5.71. The average Bonchev–Trinajstić information content (AvgIpc) is 3.19. The van der Waals surface area contributed by atoms with E-state index in [-0.39, 0.29) is 6.04 Å². The summed E-state index contributed by atoms with van der Waals surface area (Å²) in [5, 5.41) is 9.66. The van der Waals surface area contributed by atoms with Crippen LogP contribution in [0.25, 0.3) is 11.3 Å². The molecule has 1 aromatic heterocycles. The van der Waals surface area contributed by atoms with Crippen molar-refractivity contribution in [2.24, 2.45) is 4.99 Å². The Labute approximate surface area is 168 Å². The van der Waals surface area contributed by atoms with Gasteiger partial charge in [0.05, 0.1) is 11.8 Å². The lowest BCUT2D eigenvalue weighted by atomic mass is 9.95. The predicted molar refractivity (Wildman–Crippen MR) is 112 cm³/mol. The zero-order valence-electron chi connectivity index (χ0n) is 15.0. The third kappa shape index (κ3) is 3.02. The van der Waals surface area contributed by atoms with E-state index in [4.69, 9.17) is 16.6 Å². The van der Waals surface area contributed by atoms with E-state index in [0.29, 0.717) is 0 Å². The number of halogens is 1. The lowest BCUT2D eigenvalue weighted by Gasteiger charge is -2.24. The molecule has 0 saturated heterocycles. The maximum Gasteiger partial charge on any atom is 0.179 e. The van der Waals surface area contributed by atoms with Crippen LogP contribution in [0.4, 0.5) is 5.82 Å². The van der Waals surface area contributed by atoms with E-state index >= 15 is 0 Å². The fourth-order valence-electron chi connectivity index (χ4n) is 3.59. The number of aliphatic imine (C=N–C) groups is 1. The quantitative estimate of drug-likeness (QED) is 0.454. The van der Waals surface area contributed by atoms with Crippen molar-refractivity contribution in [3.05, 3.63) is 101 Å². The highest BCUT2D eigenvalue weighted by Gasteiger charge is 2.28. The maximum atomic E-state index is 6.08. The van der Waals surface area contributed by atoms with Crippen LogP contribution in [0.2, 0.25) is 5.02 Å². The summed E-state index contributed by atoms with van der Waals surface area (Å²) in [6.45, 7) is 0. The molecule has 4 aromatic rings. The number of benzene rings is 3. The first-order valence-corrected chi connectivity index (χ1v) is 9.56. The first kappa shape index (κ1) is 16.9. The number of fused-ring (bicyclic) bond motifs is 1. The highest BCUT2D eigenvalue weighted by atomic mass is 35.5. The minimum Gasteiger partial charge on any atom is -0.231 e. The Hall–Kier alpha value is -3.24. The summed E-state index contributed by atoms with van der Waals surface area (Å²) in [5.41, 5.74) is 5.08. The zero-order chi connectivity index (χ0) is 18.9. The van der Waals surface area contributed by atoms with Crippen LogP contribution in [0.5, 0.6) is 0 Å². The van der Waals surface area contributed by atoms with Crippen molar-refractivity contribution in [2.75, 3.05) is 0 Å². The summed E-state index contributed by atoms with van der Waals surface area (Å²) in [6, 6.07) is 28.3. The molecule has 3 aromatic carbocycles. The number of rotatable bonds is 3. The van der Waals surface area contributed by atoms with Crippen molar-refractivity contribution >= 4 is 23.1 Å². The van der Waals surface area contributed by atoms with Crippen LogP contribution >= 0.6 is 11.6 Å². The van der Waals surface area contributed by atoms with Crippen molar-refractivity contribution in [2.45, 2.75) is 12.5 Å². The van der Waals surface area contributed by atoms with Crippen LogP contribution in [0.1, 0.15) is 23.6 Å². The van der Waals surface area contributed by atoms with Gasteiger partial charge >= 0.3 is 0 Å². The van der Waals surface area contributed by atoms with E-state index in [1.807, 2.05) is 65.3 Å². The summed E-state index contributed by atoms with van der Waals surface area (Å²) in [6.07, 6.45) is 0.746. The molecule has 1 atom stereocenters. The van der Waals surface area contributed by atoms with Crippen LogP contribution in [-0.4, -0.2) is 20.7 Å². The second-order valence-electron chi connectivity index (χ2n) is 6.77. The largest absolute Gasteiger partial charge is 0.231 e. The van der Waals surface area contributed by atoms with Crippen LogP contribution < -0.4 is 0 Å². The number of nitrogens with zero attached hydrogens (tertiary/aromatic N) is 4. The molecule has 136 valence electrons. The molecular weight excluding hydrogens is 368 g/mol. The van der Waals surface area contributed by atoms with Gasteiger partial charge in [-0.1, -0.05) is 89.6 Å². The Kier molecular flexibility index (Phi) is 4.26. The van der Waals surface area contributed by atoms with E-state index in [1.165, 1.54) is 5.56 Å². The Bertz CT molecular complexity index is 1130. The van der Waals surface area contributed by atoms with Crippen molar-refractivity contribution in [3.63, 3.8) is 0 Å². The molecule has 0 fully saturated rings. The normalized spacial score (nSPS) is 15.8. The second-order valence-corrected chi connectivity index (χ2v) is 7.20. The molecule has 5 heteroatoms. The summed E-state index contributed by atoms with van der Waals surface area (Å²) in [4.78, 5) is 4.97. The van der Waals surface area contributed by atoms with Gasteiger partial charge in [0.15, 0.2) is 5.82 Å². The van der Waals surface area contributed by atoms with E-state index in [1.54, 1.807) is 0 Å². The number of aromatic nitrogens is 3. The number of hydrogen-bond donors (Lipinski definition) is 0. The van der Waals surface area contributed by atoms with Gasteiger partial charge in [0, 0.05) is 17.0 Å². The third-order valence-electron chi connectivity index (χ3n) is 5.00. The fourth-order valence-corrected chi connectivity index (χ4v) is 3.71. The smallest absolute Gasteiger partial charge is 0.179 e. The minimum atomic E-state index is 0.0457. The molecule has 0 spiro atoms. The molecule has 1 aliphatic heterocycles. The van der Waals surface area contributed by atoms with Crippen LogP contribution in [0.3, 0.4) is 0 Å². The Morgan fingerprint density at radius 2 is 1.46 bits per heavy atom. The standard InChI is InChI=1S/C23H17ClN4/c24-19-13-11-16(12-14-19)20-15-21(17-7-3-1-4-8-17)28-23(25-20)22(26-27-28)18-9-5-2-6-10-18/h1-14,21H,15H2. The molecule has 5 rings (SSSR count). The van der Waals surface area contributed by atoms with E-state index in [2.05, 4.69) is 34.6 Å².